The summed E-state index contributed by atoms with van der Waals surface area (Å²) in [4.78, 5) is 14.2. The second-order valence-corrected chi connectivity index (χ2v) is 7.67. The van der Waals surface area contributed by atoms with Gasteiger partial charge in [0.25, 0.3) is 5.91 Å². The highest BCUT2D eigenvalue weighted by molar-refractivity contribution is 8.26. The molecule has 0 bridgehead atoms. The van der Waals surface area contributed by atoms with Crippen LogP contribution >= 0.6 is 24.0 Å². The molecule has 0 spiro atoms. The van der Waals surface area contributed by atoms with E-state index in [9.17, 15) is 4.79 Å². The van der Waals surface area contributed by atoms with Crippen LogP contribution in [0.2, 0.25) is 0 Å². The number of hydrogen-bond acceptors (Lipinski definition) is 7. The third kappa shape index (κ3) is 5.02. The zero-order chi connectivity index (χ0) is 20.8. The van der Waals surface area contributed by atoms with Crippen LogP contribution in [-0.4, -0.2) is 49.6 Å². The summed E-state index contributed by atoms with van der Waals surface area (Å²) in [5.41, 5.74) is 0.827. The Bertz CT molecular complexity index is 944. The minimum Gasteiger partial charge on any atom is -0.493 e. The molecule has 2 aromatic carbocycles. The summed E-state index contributed by atoms with van der Waals surface area (Å²) in [5, 5.41) is 0. The summed E-state index contributed by atoms with van der Waals surface area (Å²) < 4.78 is 22.7. The molecule has 0 unspecified atom stereocenters. The van der Waals surface area contributed by atoms with Crippen molar-refractivity contribution in [3.63, 3.8) is 0 Å². The number of thiocarbonyl (C=S) groups is 1. The standard InChI is InChI=1S/C21H21NO5S2/c1-22-20(23)19(29-21(22)28)13-14-8-9-17(18(12-14)25-3)27-11-10-26-16-7-5-4-6-15(16)24-2/h4-9,12-13H,10-11H2,1-3H3. The largest absolute Gasteiger partial charge is 0.493 e. The van der Waals surface area contributed by atoms with Gasteiger partial charge in [0.2, 0.25) is 0 Å². The molecule has 0 aromatic heterocycles. The monoisotopic (exact) mass is 431 g/mol. The number of carbonyl (C=O) groups is 1. The van der Waals surface area contributed by atoms with E-state index in [2.05, 4.69) is 0 Å². The number of ether oxygens (including phenoxy) is 4. The summed E-state index contributed by atoms with van der Waals surface area (Å²) in [5.74, 6) is 2.40. The molecule has 1 aliphatic rings. The van der Waals surface area contributed by atoms with Crippen molar-refractivity contribution < 1.29 is 23.7 Å². The Morgan fingerprint density at radius 3 is 2.17 bits per heavy atom. The van der Waals surface area contributed by atoms with Gasteiger partial charge in [-0.3, -0.25) is 9.69 Å². The van der Waals surface area contributed by atoms with E-state index < -0.39 is 0 Å². The minimum atomic E-state index is -0.104. The van der Waals surface area contributed by atoms with Crippen LogP contribution < -0.4 is 18.9 Å². The lowest BCUT2D eigenvalue weighted by Crippen LogP contribution is -2.22. The van der Waals surface area contributed by atoms with Crippen molar-refractivity contribution in [3.05, 3.63) is 52.9 Å². The van der Waals surface area contributed by atoms with Crippen molar-refractivity contribution in [2.24, 2.45) is 0 Å². The molecule has 0 aliphatic carbocycles. The molecule has 0 atom stereocenters. The number of amides is 1. The highest BCUT2D eigenvalue weighted by Gasteiger charge is 2.28. The van der Waals surface area contributed by atoms with E-state index in [0.717, 1.165) is 5.56 Å². The molecule has 29 heavy (non-hydrogen) atoms. The Morgan fingerprint density at radius 1 is 0.966 bits per heavy atom. The van der Waals surface area contributed by atoms with Crippen LogP contribution in [0, 0.1) is 0 Å². The Labute approximate surface area is 179 Å². The number of methoxy groups -OCH3 is 2. The average molecular weight is 432 g/mol. The third-order valence-electron chi connectivity index (χ3n) is 4.14. The first-order chi connectivity index (χ1) is 14.0. The van der Waals surface area contributed by atoms with Gasteiger partial charge in [0.15, 0.2) is 23.0 Å². The molecule has 1 fully saturated rings. The van der Waals surface area contributed by atoms with Crippen molar-refractivity contribution in [2.45, 2.75) is 0 Å². The number of hydrogen-bond donors (Lipinski definition) is 0. The molecule has 1 amide bonds. The van der Waals surface area contributed by atoms with Gasteiger partial charge in [-0.15, -0.1) is 0 Å². The molecule has 152 valence electrons. The molecule has 1 saturated heterocycles. The first-order valence-corrected chi connectivity index (χ1v) is 10.0. The first-order valence-electron chi connectivity index (χ1n) is 8.81. The molecular formula is C21H21NO5S2. The summed E-state index contributed by atoms with van der Waals surface area (Å²) in [6, 6.07) is 12.9. The van der Waals surface area contributed by atoms with Crippen LogP contribution in [0.3, 0.4) is 0 Å². The lowest BCUT2D eigenvalue weighted by atomic mass is 10.2. The number of likely N-dealkylation sites (N-methyl/N-ethyl adjacent to an activating group) is 1. The van der Waals surface area contributed by atoms with Gasteiger partial charge in [-0.25, -0.2) is 0 Å². The Hall–Kier alpha value is -2.71. The number of carbonyl (C=O) groups excluding carboxylic acids is 1. The van der Waals surface area contributed by atoms with Crippen molar-refractivity contribution in [3.8, 4) is 23.0 Å². The highest BCUT2D eigenvalue weighted by atomic mass is 32.2. The second kappa shape index (κ2) is 9.67. The predicted octanol–water partition coefficient (Wildman–Crippen LogP) is 3.99. The van der Waals surface area contributed by atoms with Gasteiger partial charge in [-0.05, 0) is 35.9 Å². The second-order valence-electron chi connectivity index (χ2n) is 6.00. The van der Waals surface area contributed by atoms with Crippen molar-refractivity contribution in [1.82, 2.24) is 4.90 Å². The number of nitrogens with zero attached hydrogens (tertiary/aromatic N) is 1. The van der Waals surface area contributed by atoms with E-state index in [-0.39, 0.29) is 5.91 Å². The smallest absolute Gasteiger partial charge is 0.265 e. The summed E-state index contributed by atoms with van der Waals surface area (Å²) in [7, 11) is 4.84. The fourth-order valence-electron chi connectivity index (χ4n) is 2.63. The SMILES string of the molecule is COc1ccccc1OCCOc1ccc(C=C2SC(=S)N(C)C2=O)cc1OC. The van der Waals surface area contributed by atoms with E-state index in [4.69, 9.17) is 31.2 Å². The minimum absolute atomic E-state index is 0.104. The highest BCUT2D eigenvalue weighted by Crippen LogP contribution is 2.34. The molecule has 0 radical (unpaired) electrons. The van der Waals surface area contributed by atoms with Gasteiger partial charge < -0.3 is 18.9 Å². The summed E-state index contributed by atoms with van der Waals surface area (Å²) >= 11 is 6.44. The van der Waals surface area contributed by atoms with Crippen molar-refractivity contribution >= 4 is 40.3 Å². The molecule has 0 N–H and O–H groups in total. The van der Waals surface area contributed by atoms with E-state index in [0.29, 0.717) is 45.4 Å². The van der Waals surface area contributed by atoms with E-state index in [1.807, 2.05) is 36.4 Å². The van der Waals surface area contributed by atoms with E-state index >= 15 is 0 Å². The van der Waals surface area contributed by atoms with E-state index in [1.54, 1.807) is 33.4 Å². The third-order valence-corrected chi connectivity index (χ3v) is 5.62. The van der Waals surface area contributed by atoms with Crippen LogP contribution in [0.15, 0.2) is 47.4 Å². The fraction of sp³-hybridized carbons (Fsp3) is 0.238. The Kier molecular flexibility index (Phi) is 7.00. The normalized spacial score (nSPS) is 15.0. The molecule has 1 aliphatic heterocycles. The van der Waals surface area contributed by atoms with Crippen LogP contribution in [0.4, 0.5) is 0 Å². The van der Waals surface area contributed by atoms with Crippen LogP contribution in [-0.2, 0) is 4.79 Å². The van der Waals surface area contributed by atoms with Gasteiger partial charge in [-0.2, -0.15) is 0 Å². The zero-order valence-corrected chi connectivity index (χ0v) is 18.0. The van der Waals surface area contributed by atoms with Crippen molar-refractivity contribution in [2.75, 3.05) is 34.5 Å². The lowest BCUT2D eigenvalue weighted by Gasteiger charge is -2.13. The lowest BCUT2D eigenvalue weighted by molar-refractivity contribution is -0.121. The number of rotatable bonds is 8. The summed E-state index contributed by atoms with van der Waals surface area (Å²) in [6.07, 6.45) is 1.79. The Balaban J connectivity index is 1.62. The quantitative estimate of drug-likeness (QED) is 0.356. The molecule has 3 rings (SSSR count). The van der Waals surface area contributed by atoms with Gasteiger partial charge in [0.05, 0.1) is 19.1 Å². The zero-order valence-electron chi connectivity index (χ0n) is 16.3. The molecule has 8 heteroatoms. The number of thioether (sulfide) groups is 1. The summed E-state index contributed by atoms with van der Waals surface area (Å²) in [6.45, 7) is 0.687. The van der Waals surface area contributed by atoms with Gasteiger partial charge in [0, 0.05) is 7.05 Å². The average Bonchev–Trinajstić information content (AvgIpc) is 2.98. The maximum Gasteiger partial charge on any atom is 0.265 e. The number of benzene rings is 2. The molecule has 2 aromatic rings. The van der Waals surface area contributed by atoms with Gasteiger partial charge in [0.1, 0.15) is 17.5 Å². The predicted molar refractivity (Wildman–Crippen MR) is 118 cm³/mol. The van der Waals surface area contributed by atoms with Gasteiger partial charge in [-0.1, -0.05) is 42.2 Å². The van der Waals surface area contributed by atoms with Crippen molar-refractivity contribution in [1.29, 1.82) is 0 Å². The van der Waals surface area contributed by atoms with Crippen LogP contribution in [0.5, 0.6) is 23.0 Å². The Morgan fingerprint density at radius 2 is 1.59 bits per heavy atom. The van der Waals surface area contributed by atoms with Crippen LogP contribution in [0.25, 0.3) is 6.08 Å². The fourth-order valence-corrected chi connectivity index (χ4v) is 3.81. The molecule has 1 heterocycles. The van der Waals surface area contributed by atoms with Crippen LogP contribution in [0.1, 0.15) is 5.56 Å². The topological polar surface area (TPSA) is 57.2 Å². The van der Waals surface area contributed by atoms with E-state index in [1.165, 1.54) is 16.7 Å². The molecule has 0 saturated carbocycles. The maximum atomic E-state index is 12.1. The molecular weight excluding hydrogens is 410 g/mol. The maximum absolute atomic E-state index is 12.1. The first kappa shape index (κ1) is 21.0. The number of para-hydroxylation sites is 2. The van der Waals surface area contributed by atoms with Gasteiger partial charge >= 0.3 is 0 Å². The molecule has 6 nitrogen and oxygen atoms in total.